The molecule has 0 bridgehead atoms. The Morgan fingerprint density at radius 3 is 2.40 bits per heavy atom. The third kappa shape index (κ3) is 3.67. The molecule has 0 atom stereocenters. The fraction of sp³-hybridized carbons (Fsp3) is 0.320. The van der Waals surface area contributed by atoms with Crippen LogP contribution in [0.1, 0.15) is 47.2 Å². The minimum atomic E-state index is 0.468. The predicted molar refractivity (Wildman–Crippen MR) is 121 cm³/mol. The van der Waals surface area contributed by atoms with E-state index in [1.165, 1.54) is 11.1 Å². The topological polar surface area (TPSA) is 57.7 Å². The SMILES string of the molecule is Cc1nc(C)c(Cc2ccccc2)c(N2CCC(c3nc4ccccc4[nH]3)CC2)n1. The second kappa shape index (κ2) is 7.90. The van der Waals surface area contributed by atoms with E-state index in [4.69, 9.17) is 9.97 Å². The maximum atomic E-state index is 4.88. The molecule has 3 heterocycles. The highest BCUT2D eigenvalue weighted by atomic mass is 15.2. The summed E-state index contributed by atoms with van der Waals surface area (Å²) in [5.41, 5.74) is 5.81. The van der Waals surface area contributed by atoms with Crippen LogP contribution in [0.15, 0.2) is 54.6 Å². The molecular formula is C25H27N5. The van der Waals surface area contributed by atoms with E-state index in [0.29, 0.717) is 5.92 Å². The molecule has 0 amide bonds. The van der Waals surface area contributed by atoms with Gasteiger partial charge in [0.15, 0.2) is 0 Å². The standard InChI is InChI=1S/C25H27N5/c1-17-21(16-19-8-4-3-5-9-19)25(27-18(2)26-17)30-14-12-20(13-15-30)24-28-22-10-6-7-11-23(22)29-24/h3-11,20H,12-16H2,1-2H3,(H,28,29). The van der Waals surface area contributed by atoms with Gasteiger partial charge in [-0.2, -0.15) is 0 Å². The summed E-state index contributed by atoms with van der Waals surface area (Å²) in [5.74, 6) is 3.54. The van der Waals surface area contributed by atoms with Gasteiger partial charge in [-0.25, -0.2) is 15.0 Å². The summed E-state index contributed by atoms with van der Waals surface area (Å²) in [6, 6.07) is 18.9. The lowest BCUT2D eigenvalue weighted by Crippen LogP contribution is -2.35. The monoisotopic (exact) mass is 397 g/mol. The number of piperidine rings is 1. The molecule has 1 aliphatic heterocycles. The number of aryl methyl sites for hydroxylation is 2. The van der Waals surface area contributed by atoms with Gasteiger partial charge in [0.25, 0.3) is 0 Å². The van der Waals surface area contributed by atoms with Gasteiger partial charge in [0.2, 0.25) is 0 Å². The van der Waals surface area contributed by atoms with Crippen molar-refractivity contribution in [3.8, 4) is 0 Å². The van der Waals surface area contributed by atoms with Crippen molar-refractivity contribution in [3.05, 3.63) is 83.1 Å². The average molecular weight is 398 g/mol. The Bertz CT molecular complexity index is 1120. The number of aromatic amines is 1. The van der Waals surface area contributed by atoms with Crippen molar-refractivity contribution in [1.82, 2.24) is 19.9 Å². The zero-order chi connectivity index (χ0) is 20.5. The van der Waals surface area contributed by atoms with Gasteiger partial charge < -0.3 is 9.88 Å². The molecule has 2 aromatic carbocycles. The maximum absolute atomic E-state index is 4.88. The molecule has 1 N–H and O–H groups in total. The van der Waals surface area contributed by atoms with E-state index in [1.807, 2.05) is 13.0 Å². The number of nitrogens with zero attached hydrogens (tertiary/aromatic N) is 4. The van der Waals surface area contributed by atoms with Crippen molar-refractivity contribution in [2.45, 2.75) is 39.0 Å². The summed E-state index contributed by atoms with van der Waals surface area (Å²) < 4.78 is 0. The Morgan fingerprint density at radius 2 is 1.63 bits per heavy atom. The minimum absolute atomic E-state index is 0.468. The summed E-state index contributed by atoms with van der Waals surface area (Å²) in [5, 5.41) is 0. The molecule has 1 fully saturated rings. The lowest BCUT2D eigenvalue weighted by molar-refractivity contribution is 0.486. The molecule has 0 radical (unpaired) electrons. The molecule has 5 rings (SSSR count). The summed E-state index contributed by atoms with van der Waals surface area (Å²) >= 11 is 0. The number of imidazole rings is 1. The van der Waals surface area contributed by atoms with Gasteiger partial charge in [-0.3, -0.25) is 0 Å². The van der Waals surface area contributed by atoms with Gasteiger partial charge in [-0.1, -0.05) is 42.5 Å². The van der Waals surface area contributed by atoms with Crippen LogP contribution in [0.5, 0.6) is 0 Å². The number of anilines is 1. The fourth-order valence-corrected chi connectivity index (χ4v) is 4.52. The van der Waals surface area contributed by atoms with Gasteiger partial charge in [0.1, 0.15) is 17.5 Å². The Hall–Kier alpha value is -3.21. The van der Waals surface area contributed by atoms with Gasteiger partial charge >= 0.3 is 0 Å². The molecule has 2 aromatic heterocycles. The molecule has 30 heavy (non-hydrogen) atoms. The second-order valence-electron chi connectivity index (χ2n) is 8.22. The van der Waals surface area contributed by atoms with E-state index in [-0.39, 0.29) is 0 Å². The van der Waals surface area contributed by atoms with Crippen molar-refractivity contribution in [2.75, 3.05) is 18.0 Å². The fourth-order valence-electron chi connectivity index (χ4n) is 4.52. The number of hydrogen-bond donors (Lipinski definition) is 1. The van der Waals surface area contributed by atoms with Crippen LogP contribution >= 0.6 is 0 Å². The third-order valence-corrected chi connectivity index (χ3v) is 6.12. The number of hydrogen-bond acceptors (Lipinski definition) is 4. The second-order valence-corrected chi connectivity index (χ2v) is 8.22. The van der Waals surface area contributed by atoms with Crippen molar-refractivity contribution in [3.63, 3.8) is 0 Å². The van der Waals surface area contributed by atoms with Crippen LogP contribution in [0.2, 0.25) is 0 Å². The summed E-state index contributed by atoms with van der Waals surface area (Å²) in [7, 11) is 0. The van der Waals surface area contributed by atoms with Crippen LogP contribution in [-0.4, -0.2) is 33.0 Å². The lowest BCUT2D eigenvalue weighted by atomic mass is 9.95. The Kier molecular flexibility index (Phi) is 4.95. The van der Waals surface area contributed by atoms with E-state index < -0.39 is 0 Å². The highest BCUT2D eigenvalue weighted by Crippen LogP contribution is 2.32. The highest BCUT2D eigenvalue weighted by molar-refractivity contribution is 5.74. The van der Waals surface area contributed by atoms with Crippen LogP contribution in [0.4, 0.5) is 5.82 Å². The van der Waals surface area contributed by atoms with Gasteiger partial charge in [0, 0.05) is 36.7 Å². The average Bonchev–Trinajstić information content (AvgIpc) is 3.21. The molecule has 5 heteroatoms. The van der Waals surface area contributed by atoms with Crippen molar-refractivity contribution >= 4 is 16.9 Å². The molecule has 0 aliphatic carbocycles. The molecule has 152 valence electrons. The van der Waals surface area contributed by atoms with Crippen LogP contribution in [0, 0.1) is 13.8 Å². The molecule has 5 nitrogen and oxygen atoms in total. The quantitative estimate of drug-likeness (QED) is 0.530. The van der Waals surface area contributed by atoms with E-state index in [9.17, 15) is 0 Å². The molecule has 1 saturated heterocycles. The highest BCUT2D eigenvalue weighted by Gasteiger charge is 2.26. The number of para-hydroxylation sites is 2. The van der Waals surface area contributed by atoms with E-state index in [0.717, 1.165) is 66.5 Å². The van der Waals surface area contributed by atoms with Gasteiger partial charge in [-0.05, 0) is 44.4 Å². The molecular weight excluding hydrogens is 370 g/mol. The largest absolute Gasteiger partial charge is 0.356 e. The normalized spacial score (nSPS) is 15.1. The number of rotatable bonds is 4. The third-order valence-electron chi connectivity index (χ3n) is 6.12. The van der Waals surface area contributed by atoms with Crippen molar-refractivity contribution in [1.29, 1.82) is 0 Å². The number of H-pyrrole nitrogens is 1. The zero-order valence-corrected chi connectivity index (χ0v) is 17.6. The smallest absolute Gasteiger partial charge is 0.136 e. The van der Waals surface area contributed by atoms with Crippen LogP contribution in [0.25, 0.3) is 11.0 Å². The number of aromatic nitrogens is 4. The molecule has 0 unspecified atom stereocenters. The summed E-state index contributed by atoms with van der Waals surface area (Å²) in [6.07, 6.45) is 3.02. The van der Waals surface area contributed by atoms with Gasteiger partial charge in [0.05, 0.1) is 11.0 Å². The predicted octanol–water partition coefficient (Wildman–Crippen LogP) is 4.94. The van der Waals surface area contributed by atoms with Crippen LogP contribution in [0.3, 0.4) is 0 Å². The Labute approximate surface area is 177 Å². The molecule has 1 aliphatic rings. The summed E-state index contributed by atoms with van der Waals surface area (Å²) in [6.45, 7) is 6.07. The zero-order valence-electron chi connectivity index (χ0n) is 17.6. The number of benzene rings is 2. The van der Waals surface area contributed by atoms with E-state index in [2.05, 4.69) is 70.3 Å². The first-order valence-corrected chi connectivity index (χ1v) is 10.7. The van der Waals surface area contributed by atoms with E-state index in [1.54, 1.807) is 0 Å². The first-order valence-electron chi connectivity index (χ1n) is 10.7. The maximum Gasteiger partial charge on any atom is 0.136 e. The van der Waals surface area contributed by atoms with Crippen LogP contribution in [-0.2, 0) is 6.42 Å². The van der Waals surface area contributed by atoms with Crippen molar-refractivity contribution < 1.29 is 0 Å². The first kappa shape index (κ1) is 18.8. The van der Waals surface area contributed by atoms with Crippen LogP contribution < -0.4 is 4.90 Å². The molecule has 0 spiro atoms. The Balaban J connectivity index is 1.37. The summed E-state index contributed by atoms with van der Waals surface area (Å²) in [4.78, 5) is 20.3. The first-order chi connectivity index (χ1) is 14.7. The number of fused-ring (bicyclic) bond motifs is 1. The van der Waals surface area contributed by atoms with Gasteiger partial charge in [-0.15, -0.1) is 0 Å². The number of nitrogens with one attached hydrogen (secondary N) is 1. The minimum Gasteiger partial charge on any atom is -0.356 e. The Morgan fingerprint density at radius 1 is 0.900 bits per heavy atom. The van der Waals surface area contributed by atoms with E-state index >= 15 is 0 Å². The lowest BCUT2D eigenvalue weighted by Gasteiger charge is -2.33. The van der Waals surface area contributed by atoms with Crippen molar-refractivity contribution in [2.24, 2.45) is 0 Å². The molecule has 4 aromatic rings. The molecule has 0 saturated carbocycles.